The predicted octanol–water partition coefficient (Wildman–Crippen LogP) is 4.98. The van der Waals surface area contributed by atoms with Crippen LogP contribution in [-0.2, 0) is 9.53 Å². The van der Waals surface area contributed by atoms with Crippen LogP contribution < -0.4 is 0 Å². The molecule has 4 heteroatoms. The molecule has 0 spiro atoms. The van der Waals surface area contributed by atoms with E-state index in [1.807, 2.05) is 60.7 Å². The minimum atomic E-state index is -0.501. The van der Waals surface area contributed by atoms with Gasteiger partial charge in [-0.25, -0.2) is 9.18 Å². The number of benzene rings is 3. The quantitative estimate of drug-likeness (QED) is 0.629. The summed E-state index contributed by atoms with van der Waals surface area (Å²) < 4.78 is 19.1. The molecule has 0 saturated heterocycles. The summed E-state index contributed by atoms with van der Waals surface area (Å²) >= 11 is 0. The van der Waals surface area contributed by atoms with Gasteiger partial charge in [0.2, 0.25) is 0 Å². The van der Waals surface area contributed by atoms with Crippen LogP contribution in [0.2, 0.25) is 0 Å². The number of allylic oxidation sites excluding steroid dienone is 1. The van der Waals surface area contributed by atoms with E-state index in [4.69, 9.17) is 4.74 Å². The summed E-state index contributed by atoms with van der Waals surface area (Å²) in [5.41, 5.74) is 4.12. The number of aliphatic hydroxyl groups excluding tert-OH is 1. The number of carbonyl (C=O) groups is 1. The maximum Gasteiger partial charge on any atom is 0.344 e. The molecule has 1 N–H and O–H groups in total. The molecule has 0 saturated carbocycles. The van der Waals surface area contributed by atoms with Crippen molar-refractivity contribution in [2.24, 2.45) is 0 Å². The van der Waals surface area contributed by atoms with Crippen LogP contribution in [0.25, 0.3) is 11.1 Å². The highest BCUT2D eigenvalue weighted by Crippen LogP contribution is 2.41. The number of hydrogen-bond donors (Lipinski definition) is 1. The second kappa shape index (κ2) is 8.25. The van der Waals surface area contributed by atoms with Gasteiger partial charge in [0.05, 0.1) is 5.57 Å². The molecule has 0 aliphatic carbocycles. The van der Waals surface area contributed by atoms with Gasteiger partial charge in [-0.1, -0.05) is 72.8 Å². The molecule has 0 atom stereocenters. The summed E-state index contributed by atoms with van der Waals surface area (Å²) in [6.07, 6.45) is 0.247. The highest BCUT2D eigenvalue weighted by molar-refractivity contribution is 6.22. The second-order valence-electron chi connectivity index (χ2n) is 6.66. The monoisotopic (exact) mass is 386 g/mol. The summed E-state index contributed by atoms with van der Waals surface area (Å²) in [5.74, 6) is -0.449. The lowest BCUT2D eigenvalue weighted by Gasteiger charge is -2.14. The van der Waals surface area contributed by atoms with Crippen molar-refractivity contribution in [1.82, 2.24) is 0 Å². The first kappa shape index (κ1) is 18.8. The molecule has 3 aromatic rings. The Kier molecular flexibility index (Phi) is 5.36. The van der Waals surface area contributed by atoms with Crippen LogP contribution in [0, 0.1) is 5.82 Å². The Bertz CT molecular complexity index is 1040. The number of hydrogen-bond acceptors (Lipinski definition) is 3. The van der Waals surface area contributed by atoms with Crippen molar-refractivity contribution >= 4 is 17.1 Å². The third-order valence-corrected chi connectivity index (χ3v) is 4.82. The largest absolute Gasteiger partial charge is 0.422 e. The van der Waals surface area contributed by atoms with Crippen LogP contribution in [0.3, 0.4) is 0 Å². The van der Waals surface area contributed by atoms with Crippen LogP contribution in [0.4, 0.5) is 4.39 Å². The van der Waals surface area contributed by atoms with E-state index in [9.17, 15) is 14.3 Å². The maximum atomic E-state index is 13.4. The first-order valence-electron chi connectivity index (χ1n) is 9.36. The second-order valence-corrected chi connectivity index (χ2v) is 6.66. The van der Waals surface area contributed by atoms with Gasteiger partial charge in [-0.05, 0) is 28.8 Å². The maximum absolute atomic E-state index is 13.4. The summed E-state index contributed by atoms with van der Waals surface area (Å²) in [5, 5.41) is 9.68. The van der Waals surface area contributed by atoms with E-state index in [2.05, 4.69) is 0 Å². The Hall–Kier alpha value is -3.50. The van der Waals surface area contributed by atoms with Crippen molar-refractivity contribution in [3.8, 4) is 0 Å². The van der Waals surface area contributed by atoms with Gasteiger partial charge >= 0.3 is 5.97 Å². The van der Waals surface area contributed by atoms with Crippen LogP contribution >= 0.6 is 0 Å². The first-order chi connectivity index (χ1) is 14.2. The van der Waals surface area contributed by atoms with Crippen LogP contribution in [0.15, 0.2) is 96.3 Å². The van der Waals surface area contributed by atoms with Gasteiger partial charge in [-0.15, -0.1) is 0 Å². The van der Waals surface area contributed by atoms with E-state index in [1.54, 1.807) is 12.1 Å². The Labute approximate surface area is 168 Å². The summed E-state index contributed by atoms with van der Waals surface area (Å²) in [6.45, 7) is -0.142. The molecule has 144 valence electrons. The van der Waals surface area contributed by atoms with Crippen LogP contribution in [0.1, 0.15) is 23.1 Å². The molecule has 1 heterocycles. The zero-order chi connectivity index (χ0) is 20.2. The Morgan fingerprint density at radius 1 is 0.828 bits per heavy atom. The molecule has 0 radical (unpaired) electrons. The zero-order valence-corrected chi connectivity index (χ0v) is 15.6. The Morgan fingerprint density at radius 3 is 1.90 bits per heavy atom. The zero-order valence-electron chi connectivity index (χ0n) is 15.6. The number of halogens is 1. The standard InChI is InChI=1S/C25H19FO3/c26-20-13-11-19(12-14-20)23-21(15-16-27)24(29-25(23)28)22(17-7-3-1-4-8-17)18-9-5-2-6-10-18/h1-14,27H,15-16H2. The molecule has 29 heavy (non-hydrogen) atoms. The molecule has 0 amide bonds. The number of aliphatic hydroxyl groups is 1. The van der Waals surface area contributed by atoms with E-state index >= 15 is 0 Å². The summed E-state index contributed by atoms with van der Waals surface area (Å²) in [6, 6.07) is 25.1. The van der Waals surface area contributed by atoms with Crippen molar-refractivity contribution in [3.63, 3.8) is 0 Å². The van der Waals surface area contributed by atoms with Gasteiger partial charge in [-0.3, -0.25) is 0 Å². The van der Waals surface area contributed by atoms with Gasteiger partial charge in [-0.2, -0.15) is 0 Å². The fourth-order valence-electron chi connectivity index (χ4n) is 3.54. The average Bonchev–Trinajstić information content (AvgIpc) is 3.06. The molecule has 3 aromatic carbocycles. The van der Waals surface area contributed by atoms with Crippen molar-refractivity contribution in [3.05, 3.63) is 119 Å². The summed E-state index contributed by atoms with van der Waals surface area (Å²) in [4.78, 5) is 12.8. The lowest BCUT2D eigenvalue weighted by molar-refractivity contribution is -0.131. The molecule has 0 fully saturated rings. The Morgan fingerprint density at radius 2 is 1.38 bits per heavy atom. The van der Waals surface area contributed by atoms with E-state index in [0.29, 0.717) is 22.5 Å². The third-order valence-electron chi connectivity index (χ3n) is 4.82. The SMILES string of the molecule is O=C1OC(=C(c2ccccc2)c2ccccc2)C(CCO)=C1c1ccc(F)cc1. The van der Waals surface area contributed by atoms with Crippen molar-refractivity contribution in [2.45, 2.75) is 6.42 Å². The molecule has 3 nitrogen and oxygen atoms in total. The highest BCUT2D eigenvalue weighted by atomic mass is 19.1. The number of esters is 1. The van der Waals surface area contributed by atoms with Gasteiger partial charge in [0.1, 0.15) is 11.6 Å². The third kappa shape index (κ3) is 3.75. The molecule has 0 unspecified atom stereocenters. The van der Waals surface area contributed by atoms with E-state index in [-0.39, 0.29) is 18.8 Å². The number of cyclic esters (lactones) is 1. The topological polar surface area (TPSA) is 46.5 Å². The Balaban J connectivity index is 1.99. The molecule has 0 bridgehead atoms. The van der Waals surface area contributed by atoms with Gasteiger partial charge in [0.25, 0.3) is 0 Å². The molecule has 1 aliphatic heterocycles. The van der Waals surface area contributed by atoms with Gasteiger partial charge in [0.15, 0.2) is 0 Å². The van der Waals surface area contributed by atoms with E-state index < -0.39 is 5.97 Å². The molecular formula is C25H19FO3. The predicted molar refractivity (Wildman–Crippen MR) is 110 cm³/mol. The minimum Gasteiger partial charge on any atom is -0.422 e. The minimum absolute atomic E-state index is 0.142. The van der Waals surface area contributed by atoms with Gasteiger partial charge in [0, 0.05) is 24.2 Å². The van der Waals surface area contributed by atoms with Crippen LogP contribution in [0.5, 0.6) is 0 Å². The highest BCUT2D eigenvalue weighted by Gasteiger charge is 2.33. The molecule has 1 aliphatic rings. The fourth-order valence-corrected chi connectivity index (χ4v) is 3.54. The number of carbonyl (C=O) groups excluding carboxylic acids is 1. The number of rotatable bonds is 5. The van der Waals surface area contributed by atoms with Crippen molar-refractivity contribution < 1.29 is 19.0 Å². The molecule has 4 rings (SSSR count). The average molecular weight is 386 g/mol. The van der Waals surface area contributed by atoms with E-state index in [1.165, 1.54) is 12.1 Å². The van der Waals surface area contributed by atoms with Gasteiger partial charge < -0.3 is 9.84 Å². The first-order valence-corrected chi connectivity index (χ1v) is 9.36. The van der Waals surface area contributed by atoms with E-state index in [0.717, 1.165) is 16.7 Å². The fraction of sp³-hybridized carbons (Fsp3) is 0.0800. The molecule has 0 aromatic heterocycles. The summed E-state index contributed by atoms with van der Waals surface area (Å²) in [7, 11) is 0. The van der Waals surface area contributed by atoms with Crippen molar-refractivity contribution in [2.75, 3.05) is 6.61 Å². The lowest BCUT2D eigenvalue weighted by atomic mass is 9.91. The lowest BCUT2D eigenvalue weighted by Crippen LogP contribution is -2.00. The van der Waals surface area contributed by atoms with Crippen molar-refractivity contribution in [1.29, 1.82) is 0 Å². The molecular weight excluding hydrogens is 367 g/mol. The smallest absolute Gasteiger partial charge is 0.344 e. The van der Waals surface area contributed by atoms with Crippen LogP contribution in [-0.4, -0.2) is 17.7 Å². The normalized spacial score (nSPS) is 13.6. The number of ether oxygens (including phenoxy) is 1.